The molecule has 1 saturated carbocycles. The molecule has 6 heteroatoms. The minimum atomic E-state index is -0.0690. The van der Waals surface area contributed by atoms with Crippen molar-refractivity contribution >= 4 is 11.8 Å². The standard InChI is InChI=1S/C19H29N3O3/c1-13-16(14(2)25-21-13)12-18(23)22-11-7-3-6-10-20-19(24)15-8-4-5-9-17(15)22/h15,17H,3-12H2,1-2H3,(H,20,24)/t15-,17+/m1/s1. The fourth-order valence-electron chi connectivity index (χ4n) is 4.20. The number of nitrogens with zero attached hydrogens (tertiary/aromatic N) is 2. The van der Waals surface area contributed by atoms with Gasteiger partial charge in [0.15, 0.2) is 0 Å². The van der Waals surface area contributed by atoms with E-state index < -0.39 is 0 Å². The molecule has 6 nitrogen and oxygen atoms in total. The fraction of sp³-hybridized carbons (Fsp3) is 0.737. The molecule has 1 aliphatic heterocycles. The summed E-state index contributed by atoms with van der Waals surface area (Å²) in [7, 11) is 0. The van der Waals surface area contributed by atoms with Gasteiger partial charge in [0.05, 0.1) is 18.0 Å². The second kappa shape index (κ2) is 8.02. The van der Waals surface area contributed by atoms with Crippen LogP contribution in [0.1, 0.15) is 62.0 Å². The first kappa shape index (κ1) is 18.0. The van der Waals surface area contributed by atoms with Crippen molar-refractivity contribution in [2.24, 2.45) is 5.92 Å². The zero-order valence-corrected chi connectivity index (χ0v) is 15.3. The van der Waals surface area contributed by atoms with Crippen LogP contribution in [0, 0.1) is 19.8 Å². The lowest BCUT2D eigenvalue weighted by Crippen LogP contribution is -2.52. The second-order valence-electron chi connectivity index (χ2n) is 7.38. The molecule has 2 fully saturated rings. The summed E-state index contributed by atoms with van der Waals surface area (Å²) in [6.07, 6.45) is 7.28. The van der Waals surface area contributed by atoms with E-state index in [4.69, 9.17) is 4.52 Å². The summed E-state index contributed by atoms with van der Waals surface area (Å²) in [4.78, 5) is 27.7. The first-order valence-corrected chi connectivity index (χ1v) is 9.57. The Labute approximate surface area is 149 Å². The molecule has 0 spiro atoms. The summed E-state index contributed by atoms with van der Waals surface area (Å²) >= 11 is 0. The highest BCUT2D eigenvalue weighted by atomic mass is 16.5. The second-order valence-corrected chi connectivity index (χ2v) is 7.38. The molecule has 1 aromatic heterocycles. The summed E-state index contributed by atoms with van der Waals surface area (Å²) in [6.45, 7) is 5.23. The molecule has 0 unspecified atom stereocenters. The largest absolute Gasteiger partial charge is 0.361 e. The smallest absolute Gasteiger partial charge is 0.227 e. The molecular weight excluding hydrogens is 318 g/mol. The molecular formula is C19H29N3O3. The van der Waals surface area contributed by atoms with Crippen molar-refractivity contribution in [3.8, 4) is 0 Å². The van der Waals surface area contributed by atoms with Crippen LogP contribution < -0.4 is 5.32 Å². The van der Waals surface area contributed by atoms with Gasteiger partial charge in [0.25, 0.3) is 0 Å². The Morgan fingerprint density at radius 2 is 2.00 bits per heavy atom. The van der Waals surface area contributed by atoms with E-state index in [-0.39, 0.29) is 23.8 Å². The van der Waals surface area contributed by atoms with Crippen molar-refractivity contribution in [2.45, 2.75) is 71.3 Å². The van der Waals surface area contributed by atoms with Crippen LogP contribution in [0.25, 0.3) is 0 Å². The minimum absolute atomic E-state index is 0.0276. The summed E-state index contributed by atoms with van der Waals surface area (Å²) < 4.78 is 5.20. The van der Waals surface area contributed by atoms with Gasteiger partial charge in [-0.05, 0) is 46.0 Å². The third-order valence-corrected chi connectivity index (χ3v) is 5.67. The summed E-state index contributed by atoms with van der Waals surface area (Å²) in [5.41, 5.74) is 1.67. The number of aromatic nitrogens is 1. The molecule has 1 aliphatic carbocycles. The minimum Gasteiger partial charge on any atom is -0.361 e. The number of rotatable bonds is 2. The normalized spacial score (nSPS) is 25.2. The summed E-state index contributed by atoms with van der Waals surface area (Å²) in [5, 5.41) is 7.03. The molecule has 1 aromatic rings. The summed E-state index contributed by atoms with van der Waals surface area (Å²) in [5.74, 6) is 0.867. The SMILES string of the molecule is Cc1noc(C)c1CC(=O)N1CCCCCNC(=O)[C@@H]2CCCC[C@@H]21. The highest BCUT2D eigenvalue weighted by Gasteiger charge is 2.37. The quantitative estimate of drug-likeness (QED) is 0.892. The van der Waals surface area contributed by atoms with Crippen molar-refractivity contribution in [3.63, 3.8) is 0 Å². The highest BCUT2D eigenvalue weighted by molar-refractivity contribution is 5.83. The van der Waals surface area contributed by atoms with Gasteiger partial charge in [-0.15, -0.1) is 0 Å². The molecule has 1 saturated heterocycles. The lowest BCUT2D eigenvalue weighted by molar-refractivity contribution is -0.138. The first-order valence-electron chi connectivity index (χ1n) is 9.57. The lowest BCUT2D eigenvalue weighted by Gasteiger charge is -2.40. The Balaban J connectivity index is 1.81. The number of aryl methyl sites for hydroxylation is 2. The maximum atomic E-state index is 13.1. The monoisotopic (exact) mass is 347 g/mol. The number of carbonyl (C=O) groups is 2. The zero-order valence-electron chi connectivity index (χ0n) is 15.3. The third-order valence-electron chi connectivity index (χ3n) is 5.67. The van der Waals surface area contributed by atoms with Gasteiger partial charge in [-0.2, -0.15) is 0 Å². The molecule has 2 heterocycles. The molecule has 0 radical (unpaired) electrons. The van der Waals surface area contributed by atoms with Crippen LogP contribution in [0.4, 0.5) is 0 Å². The topological polar surface area (TPSA) is 75.4 Å². The van der Waals surface area contributed by atoms with Crippen LogP contribution in [-0.2, 0) is 16.0 Å². The van der Waals surface area contributed by atoms with E-state index in [2.05, 4.69) is 10.5 Å². The number of hydrogen-bond acceptors (Lipinski definition) is 4. The van der Waals surface area contributed by atoms with Gasteiger partial charge in [-0.1, -0.05) is 18.0 Å². The molecule has 2 atom stereocenters. The molecule has 0 bridgehead atoms. The molecule has 2 amide bonds. The van der Waals surface area contributed by atoms with Gasteiger partial charge < -0.3 is 14.7 Å². The third kappa shape index (κ3) is 4.05. The van der Waals surface area contributed by atoms with Gasteiger partial charge >= 0.3 is 0 Å². The van der Waals surface area contributed by atoms with Crippen LogP contribution in [0.3, 0.4) is 0 Å². The Kier molecular flexibility index (Phi) is 5.76. The molecule has 1 N–H and O–H groups in total. The van der Waals surface area contributed by atoms with Crippen molar-refractivity contribution in [2.75, 3.05) is 13.1 Å². The van der Waals surface area contributed by atoms with E-state index in [1.54, 1.807) is 0 Å². The van der Waals surface area contributed by atoms with Crippen molar-refractivity contribution in [3.05, 3.63) is 17.0 Å². The average Bonchev–Trinajstić information content (AvgIpc) is 2.93. The Hall–Kier alpha value is -1.85. The molecule has 0 aromatic carbocycles. The number of fused-ring (bicyclic) bond motifs is 1. The van der Waals surface area contributed by atoms with Crippen LogP contribution in [-0.4, -0.2) is 41.0 Å². The number of hydrogen-bond donors (Lipinski definition) is 1. The predicted molar refractivity (Wildman–Crippen MR) is 94.0 cm³/mol. The molecule has 2 aliphatic rings. The van der Waals surface area contributed by atoms with Crippen LogP contribution in [0.15, 0.2) is 4.52 Å². The number of carbonyl (C=O) groups excluding carboxylic acids is 2. The van der Waals surface area contributed by atoms with Crippen LogP contribution in [0.5, 0.6) is 0 Å². The summed E-state index contributed by atoms with van der Waals surface area (Å²) in [6, 6.07) is 0.0276. The van der Waals surface area contributed by atoms with E-state index in [9.17, 15) is 9.59 Å². The maximum absolute atomic E-state index is 13.1. The van der Waals surface area contributed by atoms with Crippen LogP contribution in [0.2, 0.25) is 0 Å². The van der Waals surface area contributed by atoms with Gasteiger partial charge in [0.1, 0.15) is 5.76 Å². The lowest BCUT2D eigenvalue weighted by atomic mass is 9.82. The van der Waals surface area contributed by atoms with Crippen molar-refractivity contribution < 1.29 is 14.1 Å². The Bertz CT molecular complexity index is 606. The predicted octanol–water partition coefficient (Wildman–Crippen LogP) is 2.52. The van der Waals surface area contributed by atoms with Gasteiger partial charge in [0.2, 0.25) is 11.8 Å². The van der Waals surface area contributed by atoms with Gasteiger partial charge in [-0.25, -0.2) is 0 Å². The van der Waals surface area contributed by atoms with E-state index in [0.29, 0.717) is 12.2 Å². The Morgan fingerprint density at radius 3 is 2.76 bits per heavy atom. The van der Waals surface area contributed by atoms with Crippen LogP contribution >= 0.6 is 0 Å². The van der Waals surface area contributed by atoms with Crippen molar-refractivity contribution in [1.29, 1.82) is 0 Å². The average molecular weight is 347 g/mol. The van der Waals surface area contributed by atoms with E-state index in [1.165, 1.54) is 0 Å². The first-order chi connectivity index (χ1) is 12.1. The Morgan fingerprint density at radius 1 is 1.20 bits per heavy atom. The molecule has 138 valence electrons. The highest BCUT2D eigenvalue weighted by Crippen LogP contribution is 2.30. The zero-order chi connectivity index (χ0) is 17.8. The molecule has 25 heavy (non-hydrogen) atoms. The number of nitrogens with one attached hydrogen (secondary N) is 1. The van der Waals surface area contributed by atoms with E-state index >= 15 is 0 Å². The van der Waals surface area contributed by atoms with Gasteiger partial charge in [0, 0.05) is 24.7 Å². The maximum Gasteiger partial charge on any atom is 0.227 e. The van der Waals surface area contributed by atoms with E-state index in [1.807, 2.05) is 18.7 Å². The number of amides is 2. The van der Waals surface area contributed by atoms with E-state index in [0.717, 1.165) is 69.3 Å². The molecule has 3 rings (SSSR count). The van der Waals surface area contributed by atoms with Gasteiger partial charge in [-0.3, -0.25) is 9.59 Å². The van der Waals surface area contributed by atoms with Crippen molar-refractivity contribution in [1.82, 2.24) is 15.4 Å². The fourth-order valence-corrected chi connectivity index (χ4v) is 4.20.